The molecule has 0 saturated carbocycles. The molecule has 0 fully saturated rings. The van der Waals surface area contributed by atoms with Crippen LogP contribution in [0.15, 0.2) is 53.6 Å². The molecule has 0 radical (unpaired) electrons. The lowest BCUT2D eigenvalue weighted by Crippen LogP contribution is -2.03. The molecule has 0 bridgehead atoms. The molecule has 0 saturated heterocycles. The fourth-order valence-corrected chi connectivity index (χ4v) is 2.56. The Hall–Kier alpha value is -3.07. The number of hydrogen-bond donors (Lipinski definition) is 3. The van der Waals surface area contributed by atoms with Crippen molar-refractivity contribution < 1.29 is 17.2 Å². The van der Waals surface area contributed by atoms with E-state index in [4.69, 9.17) is 0 Å². The summed E-state index contributed by atoms with van der Waals surface area (Å²) in [5.41, 5.74) is 1.44. The molecule has 2 N–H and O–H groups in total. The molecule has 1 heterocycles. The van der Waals surface area contributed by atoms with Gasteiger partial charge in [-0.2, -0.15) is 4.98 Å². The summed E-state index contributed by atoms with van der Waals surface area (Å²) in [5, 5.41) is 5.64. The zero-order chi connectivity index (χ0) is 18.7. The lowest BCUT2D eigenvalue weighted by molar-refractivity contribution is 0.614. The summed E-state index contributed by atoms with van der Waals surface area (Å²) in [6, 6.07) is 10.2. The van der Waals surface area contributed by atoms with E-state index in [1.165, 1.54) is 30.3 Å². The van der Waals surface area contributed by atoms with Crippen LogP contribution in [0.25, 0.3) is 0 Å². The van der Waals surface area contributed by atoms with Gasteiger partial charge in [-0.1, -0.05) is 0 Å². The summed E-state index contributed by atoms with van der Waals surface area (Å²) < 4.78 is 49.1. The van der Waals surface area contributed by atoms with Gasteiger partial charge in [-0.15, -0.1) is 0 Å². The predicted molar refractivity (Wildman–Crippen MR) is 94.7 cm³/mol. The van der Waals surface area contributed by atoms with Gasteiger partial charge in [0.2, 0.25) is 5.95 Å². The summed E-state index contributed by atoms with van der Waals surface area (Å²) in [6.45, 7) is 1.60. The SMILES string of the molecule is Cc1cc(Nc2nc(Nc3ccc([SH](=O)=O)cc3)ncc2F)ccc1F. The molecule has 3 rings (SSSR count). The second-order valence-electron chi connectivity index (χ2n) is 5.41. The molecular formula is C17H14F2N4O2S. The van der Waals surface area contributed by atoms with E-state index in [9.17, 15) is 17.2 Å². The van der Waals surface area contributed by atoms with Crippen LogP contribution in [0.4, 0.5) is 31.9 Å². The van der Waals surface area contributed by atoms with Crippen LogP contribution in [0.5, 0.6) is 0 Å². The van der Waals surface area contributed by atoms with Crippen molar-refractivity contribution in [2.45, 2.75) is 11.8 Å². The zero-order valence-electron chi connectivity index (χ0n) is 13.5. The molecule has 0 aliphatic rings. The number of thiol groups is 1. The normalized spacial score (nSPS) is 10.8. The third-order valence-corrected chi connectivity index (χ3v) is 4.22. The number of rotatable bonds is 5. The number of hydrogen-bond acceptors (Lipinski definition) is 6. The van der Waals surface area contributed by atoms with Gasteiger partial charge in [0.05, 0.1) is 11.1 Å². The first kappa shape index (κ1) is 17.7. The Morgan fingerprint density at radius 3 is 2.27 bits per heavy atom. The lowest BCUT2D eigenvalue weighted by atomic mass is 10.2. The van der Waals surface area contributed by atoms with Gasteiger partial charge in [0.1, 0.15) is 5.82 Å². The Kier molecular flexibility index (Phi) is 5.08. The van der Waals surface area contributed by atoms with Crippen LogP contribution >= 0.6 is 0 Å². The first-order valence-electron chi connectivity index (χ1n) is 7.49. The molecule has 1 aromatic heterocycles. The number of aryl methyl sites for hydroxylation is 1. The van der Waals surface area contributed by atoms with Crippen LogP contribution in [0.2, 0.25) is 0 Å². The highest BCUT2D eigenvalue weighted by atomic mass is 32.2. The topological polar surface area (TPSA) is 84.0 Å². The lowest BCUT2D eigenvalue weighted by Gasteiger charge is -2.10. The quantitative estimate of drug-likeness (QED) is 0.591. The summed E-state index contributed by atoms with van der Waals surface area (Å²) in [6.07, 6.45) is 0.997. The molecule has 0 atom stereocenters. The van der Waals surface area contributed by atoms with Crippen LogP contribution in [-0.4, -0.2) is 18.4 Å². The van der Waals surface area contributed by atoms with Crippen LogP contribution in [0.1, 0.15) is 5.56 Å². The largest absolute Gasteiger partial charge is 0.338 e. The molecule has 0 aliphatic carbocycles. The predicted octanol–water partition coefficient (Wildman–Crippen LogP) is 3.52. The summed E-state index contributed by atoms with van der Waals surface area (Å²) in [4.78, 5) is 8.08. The highest BCUT2D eigenvalue weighted by Crippen LogP contribution is 2.22. The monoisotopic (exact) mass is 376 g/mol. The van der Waals surface area contributed by atoms with E-state index in [0.717, 1.165) is 6.20 Å². The van der Waals surface area contributed by atoms with E-state index in [1.54, 1.807) is 19.1 Å². The van der Waals surface area contributed by atoms with Crippen molar-refractivity contribution in [3.8, 4) is 0 Å². The number of benzene rings is 2. The second-order valence-corrected chi connectivity index (χ2v) is 6.44. The van der Waals surface area contributed by atoms with Crippen molar-refractivity contribution in [1.29, 1.82) is 0 Å². The van der Waals surface area contributed by atoms with Crippen LogP contribution in [0.3, 0.4) is 0 Å². The first-order valence-corrected chi connectivity index (χ1v) is 8.67. The highest BCUT2D eigenvalue weighted by molar-refractivity contribution is 7.72. The molecule has 134 valence electrons. The molecule has 0 unspecified atom stereocenters. The van der Waals surface area contributed by atoms with Crippen LogP contribution in [0, 0.1) is 18.6 Å². The first-order chi connectivity index (χ1) is 12.4. The Morgan fingerprint density at radius 1 is 0.923 bits per heavy atom. The number of anilines is 4. The van der Waals surface area contributed by atoms with Gasteiger partial charge in [-0.25, -0.2) is 22.2 Å². The van der Waals surface area contributed by atoms with E-state index in [2.05, 4.69) is 20.6 Å². The highest BCUT2D eigenvalue weighted by Gasteiger charge is 2.09. The molecule has 26 heavy (non-hydrogen) atoms. The number of nitrogens with zero attached hydrogens (tertiary/aromatic N) is 2. The van der Waals surface area contributed by atoms with Crippen LogP contribution < -0.4 is 10.6 Å². The fourth-order valence-electron chi connectivity index (χ4n) is 2.17. The standard InChI is InChI=1S/C17H14F2N4O2S/c1-10-8-12(4-7-14(10)18)21-16-15(19)9-20-17(23-16)22-11-2-5-13(6-3-11)26(24)25/h2-9,26H,1H3,(H2,20,21,22,23). The Balaban J connectivity index is 1.81. The van der Waals surface area contributed by atoms with Gasteiger partial charge in [0, 0.05) is 11.4 Å². The van der Waals surface area contributed by atoms with Crippen LogP contribution in [-0.2, 0) is 10.7 Å². The Labute approximate surface area is 149 Å². The maximum atomic E-state index is 14.0. The molecule has 3 aromatic rings. The summed E-state index contributed by atoms with van der Waals surface area (Å²) >= 11 is 0. The van der Waals surface area contributed by atoms with Gasteiger partial charge in [-0.05, 0) is 55.0 Å². The fraction of sp³-hybridized carbons (Fsp3) is 0.0588. The van der Waals surface area contributed by atoms with Crippen molar-refractivity contribution in [2.75, 3.05) is 10.6 Å². The van der Waals surface area contributed by atoms with Crippen molar-refractivity contribution in [3.63, 3.8) is 0 Å². The van der Waals surface area contributed by atoms with Gasteiger partial charge in [0.15, 0.2) is 22.3 Å². The van der Waals surface area contributed by atoms with E-state index < -0.39 is 16.5 Å². The van der Waals surface area contributed by atoms with Crippen molar-refractivity contribution >= 4 is 33.8 Å². The minimum Gasteiger partial charge on any atom is -0.338 e. The molecule has 0 spiro atoms. The summed E-state index contributed by atoms with van der Waals surface area (Å²) in [5.74, 6) is -0.986. The summed E-state index contributed by atoms with van der Waals surface area (Å²) in [7, 11) is -2.66. The average Bonchev–Trinajstić information content (AvgIpc) is 2.61. The number of halogens is 2. The molecule has 2 aromatic carbocycles. The Morgan fingerprint density at radius 2 is 1.62 bits per heavy atom. The van der Waals surface area contributed by atoms with E-state index in [0.29, 0.717) is 16.9 Å². The third-order valence-electron chi connectivity index (χ3n) is 3.50. The maximum Gasteiger partial charge on any atom is 0.229 e. The second kappa shape index (κ2) is 7.44. The van der Waals surface area contributed by atoms with Crippen molar-refractivity contribution in [1.82, 2.24) is 9.97 Å². The van der Waals surface area contributed by atoms with Gasteiger partial charge >= 0.3 is 0 Å². The van der Waals surface area contributed by atoms with Gasteiger partial charge in [0.25, 0.3) is 0 Å². The maximum absolute atomic E-state index is 14.0. The molecule has 6 nitrogen and oxygen atoms in total. The average molecular weight is 376 g/mol. The molecule has 0 amide bonds. The van der Waals surface area contributed by atoms with E-state index >= 15 is 0 Å². The molecular weight excluding hydrogens is 362 g/mol. The minimum atomic E-state index is -2.66. The number of nitrogens with one attached hydrogen (secondary N) is 2. The van der Waals surface area contributed by atoms with Gasteiger partial charge < -0.3 is 10.6 Å². The Bertz CT molecular complexity index is 1020. The zero-order valence-corrected chi connectivity index (χ0v) is 14.4. The molecule has 9 heteroatoms. The van der Waals surface area contributed by atoms with E-state index in [1.807, 2.05) is 0 Å². The number of aromatic nitrogens is 2. The smallest absolute Gasteiger partial charge is 0.229 e. The van der Waals surface area contributed by atoms with Crippen molar-refractivity contribution in [3.05, 3.63) is 65.9 Å². The van der Waals surface area contributed by atoms with E-state index in [-0.39, 0.29) is 22.5 Å². The van der Waals surface area contributed by atoms with Gasteiger partial charge in [-0.3, -0.25) is 0 Å². The minimum absolute atomic E-state index is 0.0761. The molecule has 0 aliphatic heterocycles. The van der Waals surface area contributed by atoms with Crippen molar-refractivity contribution in [2.24, 2.45) is 0 Å². The third kappa shape index (κ3) is 4.12.